The molecule has 0 spiro atoms. The second-order valence-corrected chi connectivity index (χ2v) is 4.50. The van der Waals surface area contributed by atoms with E-state index in [1.807, 2.05) is 29.6 Å². The molecule has 0 bridgehead atoms. The molecule has 0 radical (unpaired) electrons. The quantitative estimate of drug-likeness (QED) is 0.683. The molecule has 2 aromatic rings. The summed E-state index contributed by atoms with van der Waals surface area (Å²) in [5.74, 6) is 0.148. The summed E-state index contributed by atoms with van der Waals surface area (Å²) in [4.78, 5) is 12.0. The standard InChI is InChI=1S/C13H13NO3S/c1-16-11-10(7-18-12(11)13(15)17-2)8-3-5-9(14)6-4-8/h3-7H,14H2,1-2H3. The first kappa shape index (κ1) is 12.4. The monoisotopic (exact) mass is 263 g/mol. The van der Waals surface area contributed by atoms with Crippen LogP contribution in [-0.2, 0) is 4.74 Å². The zero-order valence-corrected chi connectivity index (χ0v) is 10.9. The van der Waals surface area contributed by atoms with Crippen molar-refractivity contribution in [1.29, 1.82) is 0 Å². The SMILES string of the molecule is COC(=O)c1scc(-c2ccc(N)cc2)c1OC. The first-order valence-electron chi connectivity index (χ1n) is 5.27. The van der Waals surface area contributed by atoms with Gasteiger partial charge in [-0.3, -0.25) is 0 Å². The Balaban J connectivity index is 2.48. The number of hydrogen-bond acceptors (Lipinski definition) is 5. The number of benzene rings is 1. The van der Waals surface area contributed by atoms with Crippen LogP contribution < -0.4 is 10.5 Å². The molecule has 0 fully saturated rings. The van der Waals surface area contributed by atoms with Crippen molar-refractivity contribution in [3.63, 3.8) is 0 Å². The largest absolute Gasteiger partial charge is 0.494 e. The van der Waals surface area contributed by atoms with Crippen LogP contribution in [0.25, 0.3) is 11.1 Å². The van der Waals surface area contributed by atoms with E-state index in [4.69, 9.17) is 15.2 Å². The van der Waals surface area contributed by atoms with Crippen molar-refractivity contribution >= 4 is 23.0 Å². The Morgan fingerprint density at radius 2 is 1.89 bits per heavy atom. The van der Waals surface area contributed by atoms with Crippen LogP contribution in [0.1, 0.15) is 9.67 Å². The molecule has 0 aliphatic carbocycles. The number of rotatable bonds is 3. The predicted molar refractivity (Wildman–Crippen MR) is 72.1 cm³/mol. The molecule has 1 aromatic heterocycles. The highest BCUT2D eigenvalue weighted by molar-refractivity contribution is 7.12. The molecule has 2 rings (SSSR count). The maximum Gasteiger partial charge on any atom is 0.351 e. The Labute approximate surface area is 109 Å². The molecular formula is C13H13NO3S. The van der Waals surface area contributed by atoms with Gasteiger partial charge in [-0.2, -0.15) is 0 Å². The Morgan fingerprint density at radius 1 is 1.22 bits per heavy atom. The Bertz CT molecular complexity index is 560. The maximum atomic E-state index is 11.6. The Hall–Kier alpha value is -2.01. The fourth-order valence-electron chi connectivity index (χ4n) is 1.65. The highest BCUT2D eigenvalue weighted by Crippen LogP contribution is 2.38. The molecule has 94 valence electrons. The van der Waals surface area contributed by atoms with Crippen LogP contribution in [0.2, 0.25) is 0 Å². The van der Waals surface area contributed by atoms with Gasteiger partial charge in [0.25, 0.3) is 0 Å². The number of nitrogens with two attached hydrogens (primary N) is 1. The third kappa shape index (κ3) is 2.17. The van der Waals surface area contributed by atoms with E-state index in [1.54, 1.807) is 0 Å². The summed E-state index contributed by atoms with van der Waals surface area (Å²) in [6, 6.07) is 7.40. The van der Waals surface area contributed by atoms with E-state index in [2.05, 4.69) is 0 Å². The number of esters is 1. The Morgan fingerprint density at radius 3 is 2.44 bits per heavy atom. The number of anilines is 1. The fraction of sp³-hybridized carbons (Fsp3) is 0.154. The van der Waals surface area contributed by atoms with Crippen LogP contribution in [-0.4, -0.2) is 20.2 Å². The van der Waals surface area contributed by atoms with Gasteiger partial charge in [0.1, 0.15) is 0 Å². The summed E-state index contributed by atoms with van der Waals surface area (Å²) >= 11 is 1.30. The lowest BCUT2D eigenvalue weighted by Crippen LogP contribution is -2.00. The van der Waals surface area contributed by atoms with Gasteiger partial charge in [-0.15, -0.1) is 11.3 Å². The number of thiophene rings is 1. The van der Waals surface area contributed by atoms with Crippen molar-refractivity contribution < 1.29 is 14.3 Å². The van der Waals surface area contributed by atoms with Crippen molar-refractivity contribution in [2.75, 3.05) is 20.0 Å². The number of ether oxygens (including phenoxy) is 2. The minimum atomic E-state index is -0.390. The topological polar surface area (TPSA) is 61.5 Å². The highest BCUT2D eigenvalue weighted by atomic mass is 32.1. The molecule has 0 saturated carbocycles. The lowest BCUT2D eigenvalue weighted by atomic mass is 10.1. The lowest BCUT2D eigenvalue weighted by Gasteiger charge is -2.05. The molecule has 0 unspecified atom stereocenters. The smallest absolute Gasteiger partial charge is 0.351 e. The van der Waals surface area contributed by atoms with Gasteiger partial charge in [-0.1, -0.05) is 12.1 Å². The van der Waals surface area contributed by atoms with Gasteiger partial charge in [-0.05, 0) is 17.7 Å². The van der Waals surface area contributed by atoms with Gasteiger partial charge in [0.15, 0.2) is 10.6 Å². The van der Waals surface area contributed by atoms with E-state index >= 15 is 0 Å². The second-order valence-electron chi connectivity index (χ2n) is 3.63. The van der Waals surface area contributed by atoms with E-state index < -0.39 is 5.97 Å². The minimum Gasteiger partial charge on any atom is -0.494 e. The van der Waals surface area contributed by atoms with Crippen molar-refractivity contribution in [3.05, 3.63) is 34.5 Å². The molecular weight excluding hydrogens is 250 g/mol. The summed E-state index contributed by atoms with van der Waals surface area (Å²) in [6.45, 7) is 0. The number of carbonyl (C=O) groups excluding carboxylic acids is 1. The molecule has 5 heteroatoms. The summed E-state index contributed by atoms with van der Waals surface area (Å²) in [5, 5.41) is 1.87. The maximum absolute atomic E-state index is 11.6. The fourth-order valence-corrected chi connectivity index (χ4v) is 2.60. The van der Waals surface area contributed by atoms with Gasteiger partial charge in [-0.25, -0.2) is 4.79 Å². The molecule has 4 nitrogen and oxygen atoms in total. The average molecular weight is 263 g/mol. The normalized spacial score (nSPS) is 10.1. The average Bonchev–Trinajstić information content (AvgIpc) is 2.82. The van der Waals surface area contributed by atoms with E-state index in [1.165, 1.54) is 25.6 Å². The van der Waals surface area contributed by atoms with Crippen molar-refractivity contribution in [2.24, 2.45) is 0 Å². The van der Waals surface area contributed by atoms with Gasteiger partial charge in [0.05, 0.1) is 14.2 Å². The van der Waals surface area contributed by atoms with Gasteiger partial charge in [0.2, 0.25) is 0 Å². The predicted octanol–water partition coefficient (Wildman–Crippen LogP) is 2.79. The van der Waals surface area contributed by atoms with Crippen LogP contribution in [0.3, 0.4) is 0 Å². The summed E-state index contributed by atoms with van der Waals surface area (Å²) < 4.78 is 10.0. The van der Waals surface area contributed by atoms with Crippen LogP contribution in [0.4, 0.5) is 5.69 Å². The lowest BCUT2D eigenvalue weighted by molar-refractivity contribution is 0.0603. The van der Waals surface area contributed by atoms with Crippen LogP contribution in [0, 0.1) is 0 Å². The van der Waals surface area contributed by atoms with E-state index in [0.717, 1.165) is 11.1 Å². The molecule has 0 amide bonds. The molecule has 2 N–H and O–H groups in total. The molecule has 0 aliphatic rings. The van der Waals surface area contributed by atoms with E-state index in [-0.39, 0.29) is 0 Å². The van der Waals surface area contributed by atoms with Crippen molar-refractivity contribution in [2.45, 2.75) is 0 Å². The van der Waals surface area contributed by atoms with Crippen LogP contribution >= 0.6 is 11.3 Å². The number of nitrogen functional groups attached to an aromatic ring is 1. The highest BCUT2D eigenvalue weighted by Gasteiger charge is 2.20. The summed E-state index contributed by atoms with van der Waals surface area (Å²) in [7, 11) is 2.89. The molecule has 1 heterocycles. The first-order valence-corrected chi connectivity index (χ1v) is 6.15. The molecule has 0 aliphatic heterocycles. The zero-order valence-electron chi connectivity index (χ0n) is 10.1. The molecule has 0 atom stereocenters. The summed E-state index contributed by atoms with van der Waals surface area (Å²) in [5.41, 5.74) is 8.16. The molecule has 18 heavy (non-hydrogen) atoms. The molecule has 1 aromatic carbocycles. The van der Waals surface area contributed by atoms with Crippen molar-refractivity contribution in [1.82, 2.24) is 0 Å². The first-order chi connectivity index (χ1) is 8.67. The number of methoxy groups -OCH3 is 2. The second kappa shape index (κ2) is 5.10. The van der Waals surface area contributed by atoms with Gasteiger partial charge < -0.3 is 15.2 Å². The molecule has 0 saturated heterocycles. The van der Waals surface area contributed by atoms with E-state index in [9.17, 15) is 4.79 Å². The minimum absolute atomic E-state index is 0.390. The van der Waals surface area contributed by atoms with Crippen LogP contribution in [0.5, 0.6) is 5.75 Å². The zero-order chi connectivity index (χ0) is 13.1. The number of carbonyl (C=O) groups is 1. The third-order valence-electron chi connectivity index (χ3n) is 2.54. The van der Waals surface area contributed by atoms with Gasteiger partial charge in [0, 0.05) is 16.6 Å². The third-order valence-corrected chi connectivity index (χ3v) is 3.48. The van der Waals surface area contributed by atoms with E-state index in [0.29, 0.717) is 16.3 Å². The van der Waals surface area contributed by atoms with Crippen LogP contribution in [0.15, 0.2) is 29.6 Å². The van der Waals surface area contributed by atoms with Gasteiger partial charge >= 0.3 is 5.97 Å². The Kier molecular flexibility index (Phi) is 3.53. The summed E-state index contributed by atoms with van der Waals surface area (Å²) in [6.07, 6.45) is 0. The number of hydrogen-bond donors (Lipinski definition) is 1. The van der Waals surface area contributed by atoms with Crippen molar-refractivity contribution in [3.8, 4) is 16.9 Å².